The van der Waals surface area contributed by atoms with Gasteiger partial charge in [0.2, 0.25) is 0 Å². The number of anilines is 8. The van der Waals surface area contributed by atoms with Gasteiger partial charge in [0, 0.05) is 19.5 Å². The molecular weight excluding hydrogens is 649 g/mol. The van der Waals surface area contributed by atoms with Crippen LogP contribution >= 0.6 is 45.3 Å². The molecule has 0 bridgehead atoms. The number of aryl methyl sites for hydroxylation is 8. The SMILES string of the molecule is Cc1nc(N2c3ccccc3N(c3nc(C)c(C)s3)C2C2N(c3nc(C)c(C)s3)c3ccccc3N2c2nc(C)c(C)s2)sc1C. The highest BCUT2D eigenvalue weighted by Crippen LogP contribution is 2.57. The molecular formula is C34H34N8S4. The molecule has 0 fully saturated rings. The molecule has 8 rings (SSSR count). The average Bonchev–Trinajstić information content (AvgIpc) is 3.85. The van der Waals surface area contributed by atoms with Crippen LogP contribution in [0.25, 0.3) is 0 Å². The Morgan fingerprint density at radius 2 is 0.609 bits per heavy atom. The number of thiazole rings is 4. The minimum absolute atomic E-state index is 0.270. The van der Waals surface area contributed by atoms with Crippen LogP contribution in [0.1, 0.15) is 42.3 Å². The Morgan fingerprint density at radius 1 is 0.391 bits per heavy atom. The first-order valence-electron chi connectivity index (χ1n) is 15.2. The van der Waals surface area contributed by atoms with Crippen LogP contribution < -0.4 is 19.6 Å². The number of fused-ring (bicyclic) bond motifs is 2. The maximum atomic E-state index is 5.18. The summed E-state index contributed by atoms with van der Waals surface area (Å²) in [6, 6.07) is 17.4. The Labute approximate surface area is 285 Å². The maximum absolute atomic E-state index is 5.18. The molecule has 0 aliphatic carbocycles. The highest BCUT2D eigenvalue weighted by atomic mass is 32.1. The fraction of sp³-hybridized carbons (Fsp3) is 0.294. The van der Waals surface area contributed by atoms with Gasteiger partial charge in [0.25, 0.3) is 0 Å². The Kier molecular flexibility index (Phi) is 6.98. The first kappa shape index (κ1) is 29.6. The van der Waals surface area contributed by atoms with Crippen molar-refractivity contribution in [3.8, 4) is 0 Å². The molecule has 4 aromatic heterocycles. The predicted octanol–water partition coefficient (Wildman–Crippen LogP) is 9.91. The van der Waals surface area contributed by atoms with E-state index in [-0.39, 0.29) is 12.3 Å². The van der Waals surface area contributed by atoms with Crippen molar-refractivity contribution >= 4 is 88.6 Å². The van der Waals surface area contributed by atoms with Crippen molar-refractivity contribution in [2.24, 2.45) is 0 Å². The molecule has 2 aromatic carbocycles. The molecule has 12 heteroatoms. The summed E-state index contributed by atoms with van der Waals surface area (Å²) in [5.41, 5.74) is 8.66. The lowest BCUT2D eigenvalue weighted by molar-refractivity contribution is 0.547. The van der Waals surface area contributed by atoms with Gasteiger partial charge in [-0.1, -0.05) is 24.3 Å². The second-order valence-corrected chi connectivity index (χ2v) is 16.6. The lowest BCUT2D eigenvalue weighted by atomic mass is 10.2. The van der Waals surface area contributed by atoms with E-state index in [1.165, 1.54) is 19.5 Å². The van der Waals surface area contributed by atoms with Crippen LogP contribution in [0.2, 0.25) is 0 Å². The minimum atomic E-state index is -0.270. The first-order chi connectivity index (χ1) is 22.1. The van der Waals surface area contributed by atoms with Crippen LogP contribution in [0, 0.1) is 55.4 Å². The van der Waals surface area contributed by atoms with E-state index >= 15 is 0 Å². The van der Waals surface area contributed by atoms with E-state index < -0.39 is 0 Å². The third-order valence-electron chi connectivity index (χ3n) is 9.02. The molecule has 234 valence electrons. The third-order valence-corrected chi connectivity index (χ3v) is 13.3. The molecule has 6 heterocycles. The summed E-state index contributed by atoms with van der Waals surface area (Å²) in [6.07, 6.45) is -0.539. The zero-order valence-corrected chi connectivity index (χ0v) is 30.3. The normalized spacial score (nSPS) is 15.0. The molecule has 2 aliphatic rings. The topological polar surface area (TPSA) is 64.5 Å². The molecule has 0 unspecified atom stereocenters. The second-order valence-electron chi connectivity index (χ2n) is 11.8. The van der Waals surface area contributed by atoms with Crippen molar-refractivity contribution in [1.29, 1.82) is 0 Å². The van der Waals surface area contributed by atoms with E-state index in [0.29, 0.717) is 0 Å². The van der Waals surface area contributed by atoms with E-state index in [9.17, 15) is 0 Å². The Bertz CT molecular complexity index is 1750. The monoisotopic (exact) mass is 682 g/mol. The Balaban J connectivity index is 1.45. The van der Waals surface area contributed by atoms with Crippen LogP contribution in [0.5, 0.6) is 0 Å². The highest BCUT2D eigenvalue weighted by molar-refractivity contribution is 7.17. The fourth-order valence-electron chi connectivity index (χ4n) is 6.18. The molecule has 0 radical (unpaired) electrons. The quantitative estimate of drug-likeness (QED) is 0.178. The maximum Gasteiger partial charge on any atom is 0.192 e. The lowest BCUT2D eigenvalue weighted by Crippen LogP contribution is -2.58. The van der Waals surface area contributed by atoms with Gasteiger partial charge in [-0.15, -0.1) is 45.3 Å². The van der Waals surface area contributed by atoms with Gasteiger partial charge in [-0.25, -0.2) is 19.9 Å². The highest BCUT2D eigenvalue weighted by Gasteiger charge is 2.54. The summed E-state index contributed by atoms with van der Waals surface area (Å²) >= 11 is 6.97. The Morgan fingerprint density at radius 3 is 0.783 bits per heavy atom. The van der Waals surface area contributed by atoms with E-state index in [4.69, 9.17) is 19.9 Å². The fourth-order valence-corrected chi connectivity index (χ4v) is 10.00. The molecule has 0 spiro atoms. The van der Waals surface area contributed by atoms with Crippen LogP contribution in [-0.4, -0.2) is 32.3 Å². The molecule has 0 atom stereocenters. The molecule has 6 aromatic rings. The smallest absolute Gasteiger partial charge is 0.192 e. The summed E-state index contributed by atoms with van der Waals surface area (Å²) in [4.78, 5) is 35.3. The second kappa shape index (κ2) is 10.9. The van der Waals surface area contributed by atoms with Gasteiger partial charge >= 0.3 is 0 Å². The van der Waals surface area contributed by atoms with E-state index in [1.807, 2.05) is 0 Å². The van der Waals surface area contributed by atoms with Gasteiger partial charge in [0.15, 0.2) is 32.9 Å². The van der Waals surface area contributed by atoms with Gasteiger partial charge in [-0.2, -0.15) is 0 Å². The number of benzene rings is 2. The van der Waals surface area contributed by atoms with Crippen molar-refractivity contribution in [2.45, 2.75) is 67.7 Å². The summed E-state index contributed by atoms with van der Waals surface area (Å²) in [5.74, 6) is 0. The van der Waals surface area contributed by atoms with Gasteiger partial charge in [0.05, 0.1) is 45.5 Å². The average molecular weight is 683 g/mol. The third kappa shape index (κ3) is 4.41. The summed E-state index contributed by atoms with van der Waals surface area (Å²) in [7, 11) is 0. The molecule has 0 amide bonds. The van der Waals surface area contributed by atoms with Crippen molar-refractivity contribution in [1.82, 2.24) is 19.9 Å². The van der Waals surface area contributed by atoms with Gasteiger partial charge in [-0.3, -0.25) is 19.6 Å². The van der Waals surface area contributed by atoms with Gasteiger partial charge in [0.1, 0.15) is 0 Å². The number of hydrogen-bond acceptors (Lipinski definition) is 12. The number of hydrogen-bond donors (Lipinski definition) is 0. The summed E-state index contributed by atoms with van der Waals surface area (Å²) in [5, 5.41) is 3.87. The molecule has 0 saturated carbocycles. The van der Waals surface area contributed by atoms with E-state index in [1.54, 1.807) is 45.3 Å². The molecule has 2 aliphatic heterocycles. The summed E-state index contributed by atoms with van der Waals surface area (Å²) < 4.78 is 0. The number of para-hydroxylation sites is 4. The first-order valence-corrected chi connectivity index (χ1v) is 18.5. The van der Waals surface area contributed by atoms with Crippen LogP contribution in [0.15, 0.2) is 48.5 Å². The van der Waals surface area contributed by atoms with Crippen LogP contribution in [-0.2, 0) is 0 Å². The largest absolute Gasteiger partial charge is 0.290 e. The van der Waals surface area contributed by atoms with Gasteiger partial charge in [-0.05, 0) is 79.7 Å². The van der Waals surface area contributed by atoms with Crippen molar-refractivity contribution in [3.63, 3.8) is 0 Å². The molecule has 8 nitrogen and oxygen atoms in total. The number of aromatic nitrogens is 4. The number of rotatable bonds is 5. The standard InChI is InChI=1S/C34H34N8S4/c1-17-21(5)43-31(35-17)39-25-13-9-10-14-26(25)40(32-36-18(2)22(6)44-32)29(39)30-41(33-37-19(3)23(7)45-33)27-15-11-12-16-28(27)42(30)34-38-20(4)24(8)46-34/h9-16,29-30H,1-8H3. The molecule has 0 N–H and O–H groups in total. The van der Waals surface area contributed by atoms with E-state index in [2.05, 4.69) is 124 Å². The van der Waals surface area contributed by atoms with Gasteiger partial charge < -0.3 is 0 Å². The lowest BCUT2D eigenvalue weighted by Gasteiger charge is -2.41. The van der Waals surface area contributed by atoms with E-state index in [0.717, 1.165) is 66.1 Å². The zero-order valence-electron chi connectivity index (χ0n) is 27.0. The zero-order chi connectivity index (χ0) is 32.0. The Hall–Kier alpha value is -3.84. The molecule has 46 heavy (non-hydrogen) atoms. The van der Waals surface area contributed by atoms with Crippen molar-refractivity contribution < 1.29 is 0 Å². The summed E-state index contributed by atoms with van der Waals surface area (Å²) in [6.45, 7) is 17.0. The van der Waals surface area contributed by atoms with Crippen molar-refractivity contribution in [3.05, 3.63) is 90.8 Å². The number of nitrogens with zero attached hydrogens (tertiary/aromatic N) is 8. The predicted molar refractivity (Wildman–Crippen MR) is 195 cm³/mol. The van der Waals surface area contributed by atoms with Crippen molar-refractivity contribution in [2.75, 3.05) is 19.6 Å². The van der Waals surface area contributed by atoms with Crippen LogP contribution in [0.4, 0.5) is 43.3 Å². The molecule has 0 saturated heterocycles. The van der Waals surface area contributed by atoms with Crippen LogP contribution in [0.3, 0.4) is 0 Å². The minimum Gasteiger partial charge on any atom is -0.290 e.